The summed E-state index contributed by atoms with van der Waals surface area (Å²) in [6.07, 6.45) is 2.66. The number of carbonyl (C=O) groups excluding carboxylic acids is 2. The molecule has 0 radical (unpaired) electrons. The van der Waals surface area contributed by atoms with Crippen molar-refractivity contribution in [1.29, 1.82) is 0 Å². The monoisotopic (exact) mass is 187 g/mol. The Morgan fingerprint density at radius 1 is 1.33 bits per heavy atom. The molecular formula is C8H10ClNO2. The van der Waals surface area contributed by atoms with Gasteiger partial charge in [0.15, 0.2) is 0 Å². The van der Waals surface area contributed by atoms with Gasteiger partial charge in [-0.05, 0) is 12.8 Å². The highest BCUT2D eigenvalue weighted by atomic mass is 35.5. The third-order valence-corrected chi connectivity index (χ3v) is 3.17. The van der Waals surface area contributed by atoms with Gasteiger partial charge in [-0.25, -0.2) is 0 Å². The van der Waals surface area contributed by atoms with Crippen LogP contribution in [0.15, 0.2) is 0 Å². The third-order valence-electron chi connectivity index (χ3n) is 2.68. The lowest BCUT2D eigenvalue weighted by atomic mass is 9.84. The molecule has 2 rings (SSSR count). The van der Waals surface area contributed by atoms with E-state index >= 15 is 0 Å². The topological polar surface area (TPSA) is 46.2 Å². The lowest BCUT2D eigenvalue weighted by molar-refractivity contribution is -0.136. The van der Waals surface area contributed by atoms with E-state index in [4.69, 9.17) is 11.6 Å². The van der Waals surface area contributed by atoms with Gasteiger partial charge in [-0.1, -0.05) is 6.42 Å². The van der Waals surface area contributed by atoms with E-state index in [1.54, 1.807) is 0 Å². The number of nitrogens with one attached hydrogen (secondary N) is 1. The summed E-state index contributed by atoms with van der Waals surface area (Å²) in [6.45, 7) is 0. The highest BCUT2D eigenvalue weighted by Gasteiger charge is 2.45. The summed E-state index contributed by atoms with van der Waals surface area (Å²) >= 11 is 5.98. The minimum Gasteiger partial charge on any atom is -0.345 e. The van der Waals surface area contributed by atoms with Crippen molar-refractivity contribution in [3.63, 3.8) is 0 Å². The first-order chi connectivity index (χ1) is 5.70. The number of Topliss-reactive ketones (excluding diaryl/α,β-unsaturated/α-hetero) is 1. The van der Waals surface area contributed by atoms with E-state index in [1.165, 1.54) is 0 Å². The maximum absolute atomic E-state index is 11.2. The average molecular weight is 188 g/mol. The smallest absolute Gasteiger partial charge is 0.288 e. The van der Waals surface area contributed by atoms with Crippen molar-refractivity contribution in [2.45, 2.75) is 30.7 Å². The standard InChI is InChI=1S/C8H10ClNO2/c9-5-3-1-2-4-6(5)10-8(12)7(4)11/h4-6H,1-3H2,(H,10,12). The van der Waals surface area contributed by atoms with Crippen molar-refractivity contribution < 1.29 is 9.59 Å². The van der Waals surface area contributed by atoms with Crippen LogP contribution in [0, 0.1) is 5.92 Å². The minimum atomic E-state index is -0.447. The molecule has 1 heterocycles. The number of carbonyl (C=O) groups is 2. The summed E-state index contributed by atoms with van der Waals surface area (Å²) in [4.78, 5) is 22.2. The zero-order valence-electron chi connectivity index (χ0n) is 6.55. The quantitative estimate of drug-likeness (QED) is 0.443. The van der Waals surface area contributed by atoms with Crippen LogP contribution in [-0.2, 0) is 9.59 Å². The molecule has 1 aliphatic heterocycles. The molecule has 0 spiro atoms. The second-order valence-electron chi connectivity index (χ2n) is 3.42. The molecule has 2 fully saturated rings. The lowest BCUT2D eigenvalue weighted by Gasteiger charge is -2.27. The summed E-state index contributed by atoms with van der Waals surface area (Å²) in [5.74, 6) is -0.864. The summed E-state index contributed by atoms with van der Waals surface area (Å²) < 4.78 is 0. The molecule has 66 valence electrons. The minimum absolute atomic E-state index is 0.0563. The maximum Gasteiger partial charge on any atom is 0.288 e. The number of ketones is 1. The van der Waals surface area contributed by atoms with Crippen LogP contribution in [0.1, 0.15) is 19.3 Å². The van der Waals surface area contributed by atoms with Gasteiger partial charge in [0.05, 0.1) is 11.4 Å². The average Bonchev–Trinajstić information content (AvgIpc) is 2.32. The zero-order chi connectivity index (χ0) is 8.72. The van der Waals surface area contributed by atoms with E-state index in [0.717, 1.165) is 19.3 Å². The Balaban J connectivity index is 2.21. The number of amides is 1. The van der Waals surface area contributed by atoms with E-state index in [2.05, 4.69) is 5.32 Å². The van der Waals surface area contributed by atoms with Gasteiger partial charge in [0.1, 0.15) is 0 Å². The van der Waals surface area contributed by atoms with Crippen LogP contribution in [0.5, 0.6) is 0 Å². The van der Waals surface area contributed by atoms with Crippen molar-refractivity contribution in [2.24, 2.45) is 5.92 Å². The Morgan fingerprint density at radius 2 is 2.08 bits per heavy atom. The normalized spacial score (nSPS) is 40.9. The molecule has 0 aromatic heterocycles. The van der Waals surface area contributed by atoms with Crippen LogP contribution in [0.4, 0.5) is 0 Å². The molecule has 2 aliphatic rings. The Bertz CT molecular complexity index is 241. The first kappa shape index (κ1) is 8.05. The molecule has 1 aliphatic carbocycles. The van der Waals surface area contributed by atoms with E-state index in [9.17, 15) is 9.59 Å². The van der Waals surface area contributed by atoms with E-state index in [-0.39, 0.29) is 23.1 Å². The largest absolute Gasteiger partial charge is 0.345 e. The van der Waals surface area contributed by atoms with Crippen molar-refractivity contribution >= 4 is 23.3 Å². The molecule has 1 amide bonds. The van der Waals surface area contributed by atoms with Gasteiger partial charge in [0.2, 0.25) is 5.78 Å². The number of hydrogen-bond donors (Lipinski definition) is 1. The van der Waals surface area contributed by atoms with Gasteiger partial charge in [-0.15, -0.1) is 11.6 Å². The second-order valence-corrected chi connectivity index (χ2v) is 3.98. The molecule has 3 nitrogen and oxygen atoms in total. The Hall–Kier alpha value is -0.570. The fourth-order valence-corrected chi connectivity index (χ4v) is 2.41. The number of fused-ring (bicyclic) bond motifs is 1. The third kappa shape index (κ3) is 1.04. The van der Waals surface area contributed by atoms with E-state index in [1.807, 2.05) is 0 Å². The van der Waals surface area contributed by atoms with Gasteiger partial charge in [0, 0.05) is 5.92 Å². The highest BCUT2D eigenvalue weighted by molar-refractivity contribution is 6.40. The number of alkyl halides is 1. The zero-order valence-corrected chi connectivity index (χ0v) is 7.30. The van der Waals surface area contributed by atoms with Crippen LogP contribution in [0.25, 0.3) is 0 Å². The Morgan fingerprint density at radius 3 is 2.75 bits per heavy atom. The molecule has 0 bridgehead atoms. The Kier molecular flexibility index (Phi) is 1.83. The summed E-state index contributed by atoms with van der Waals surface area (Å²) in [5.41, 5.74) is 0. The van der Waals surface area contributed by atoms with Gasteiger partial charge in [-0.3, -0.25) is 9.59 Å². The van der Waals surface area contributed by atoms with E-state index in [0.29, 0.717) is 0 Å². The lowest BCUT2D eigenvalue weighted by Crippen LogP contribution is -2.40. The van der Waals surface area contributed by atoms with Crippen molar-refractivity contribution in [3.05, 3.63) is 0 Å². The molecule has 1 saturated carbocycles. The molecular weight excluding hydrogens is 178 g/mol. The molecule has 3 unspecified atom stereocenters. The highest BCUT2D eigenvalue weighted by Crippen LogP contribution is 2.32. The van der Waals surface area contributed by atoms with Crippen LogP contribution < -0.4 is 5.32 Å². The van der Waals surface area contributed by atoms with Gasteiger partial charge >= 0.3 is 0 Å². The Labute approximate surface area is 75.5 Å². The molecule has 3 atom stereocenters. The predicted octanol–water partition coefficient (Wildman–Crippen LogP) is 0.461. The molecule has 0 aromatic rings. The van der Waals surface area contributed by atoms with Gasteiger partial charge in [-0.2, -0.15) is 0 Å². The summed E-state index contributed by atoms with van der Waals surface area (Å²) in [6, 6.07) is -0.0968. The summed E-state index contributed by atoms with van der Waals surface area (Å²) in [5, 5.41) is 2.58. The molecule has 1 saturated heterocycles. The summed E-state index contributed by atoms with van der Waals surface area (Å²) in [7, 11) is 0. The predicted molar refractivity (Wildman–Crippen MR) is 43.9 cm³/mol. The first-order valence-corrected chi connectivity index (χ1v) is 4.62. The van der Waals surface area contributed by atoms with Gasteiger partial charge < -0.3 is 5.32 Å². The fourth-order valence-electron chi connectivity index (χ4n) is 2.02. The van der Waals surface area contributed by atoms with Crippen LogP contribution in [0.2, 0.25) is 0 Å². The number of hydrogen-bond acceptors (Lipinski definition) is 2. The number of rotatable bonds is 0. The molecule has 0 aromatic carbocycles. The molecule has 4 heteroatoms. The maximum atomic E-state index is 11.2. The van der Waals surface area contributed by atoms with Crippen molar-refractivity contribution in [3.8, 4) is 0 Å². The van der Waals surface area contributed by atoms with Gasteiger partial charge in [0.25, 0.3) is 5.91 Å². The molecule has 12 heavy (non-hydrogen) atoms. The van der Waals surface area contributed by atoms with Crippen molar-refractivity contribution in [2.75, 3.05) is 0 Å². The van der Waals surface area contributed by atoms with E-state index < -0.39 is 5.91 Å². The first-order valence-electron chi connectivity index (χ1n) is 4.19. The SMILES string of the molecule is O=C1NC2C(Cl)CCCC2C1=O. The number of halogens is 1. The van der Waals surface area contributed by atoms with Crippen LogP contribution in [-0.4, -0.2) is 23.1 Å². The van der Waals surface area contributed by atoms with Crippen LogP contribution in [0.3, 0.4) is 0 Å². The fraction of sp³-hybridized carbons (Fsp3) is 0.750. The van der Waals surface area contributed by atoms with Crippen molar-refractivity contribution in [1.82, 2.24) is 5.32 Å². The molecule has 1 N–H and O–H groups in total. The second kappa shape index (κ2) is 2.73. The van der Waals surface area contributed by atoms with Crippen LogP contribution >= 0.6 is 11.6 Å².